The van der Waals surface area contributed by atoms with Crippen molar-refractivity contribution in [2.45, 2.75) is 6.61 Å². The van der Waals surface area contributed by atoms with E-state index in [0.717, 1.165) is 11.3 Å². The third-order valence-corrected chi connectivity index (χ3v) is 6.14. The zero-order valence-electron chi connectivity index (χ0n) is 17.0. The van der Waals surface area contributed by atoms with E-state index < -0.39 is 0 Å². The molecule has 0 spiro atoms. The van der Waals surface area contributed by atoms with Crippen molar-refractivity contribution in [1.82, 2.24) is 5.32 Å². The minimum atomic E-state index is -0.330. The van der Waals surface area contributed by atoms with Crippen molar-refractivity contribution in [1.29, 1.82) is 0 Å². The first-order valence-corrected chi connectivity index (χ1v) is 11.2. The maximum absolute atomic E-state index is 13.9. The van der Waals surface area contributed by atoms with Crippen LogP contribution in [0.2, 0.25) is 0 Å². The number of methoxy groups -OCH3 is 1. The van der Waals surface area contributed by atoms with Crippen LogP contribution in [0.3, 0.4) is 0 Å². The molecule has 4 rings (SSSR count). The van der Waals surface area contributed by atoms with Crippen LogP contribution >= 0.6 is 27.7 Å². The Morgan fingerprint density at radius 3 is 2.59 bits per heavy atom. The molecule has 1 saturated heterocycles. The van der Waals surface area contributed by atoms with Gasteiger partial charge in [-0.15, -0.1) is 0 Å². The van der Waals surface area contributed by atoms with Gasteiger partial charge < -0.3 is 14.8 Å². The van der Waals surface area contributed by atoms with Crippen molar-refractivity contribution in [3.63, 3.8) is 0 Å². The number of hydrogen-bond acceptors (Lipinski definition) is 5. The highest BCUT2D eigenvalue weighted by atomic mass is 79.9. The monoisotopic (exact) mass is 512 g/mol. The van der Waals surface area contributed by atoms with Crippen LogP contribution in [0.1, 0.15) is 11.1 Å². The van der Waals surface area contributed by atoms with Crippen LogP contribution in [0.5, 0.6) is 11.5 Å². The van der Waals surface area contributed by atoms with Gasteiger partial charge in [-0.3, -0.25) is 4.79 Å². The lowest BCUT2D eigenvalue weighted by molar-refractivity contribution is -0.115. The van der Waals surface area contributed by atoms with Gasteiger partial charge in [0.2, 0.25) is 0 Å². The van der Waals surface area contributed by atoms with Crippen LogP contribution in [0.25, 0.3) is 6.08 Å². The number of para-hydroxylation sites is 1. The average Bonchev–Trinajstić information content (AvgIpc) is 3.13. The molecular formula is C24H18BrFN2O3S. The molecule has 1 aliphatic heterocycles. The number of aliphatic imine (C=N–C) groups is 1. The Hall–Kier alpha value is -3.10. The number of thioether (sulfide) groups is 1. The number of nitrogens with zero attached hydrogens (tertiary/aromatic N) is 1. The van der Waals surface area contributed by atoms with Crippen molar-refractivity contribution in [3.05, 3.63) is 93.1 Å². The lowest BCUT2D eigenvalue weighted by Crippen LogP contribution is -2.19. The van der Waals surface area contributed by atoms with Crippen molar-refractivity contribution in [3.8, 4) is 11.5 Å². The molecule has 5 nitrogen and oxygen atoms in total. The summed E-state index contributed by atoms with van der Waals surface area (Å²) in [6, 6.07) is 19.3. The maximum Gasteiger partial charge on any atom is 0.264 e. The van der Waals surface area contributed by atoms with E-state index in [4.69, 9.17) is 9.47 Å². The van der Waals surface area contributed by atoms with Gasteiger partial charge in [-0.1, -0.05) is 52.3 Å². The topological polar surface area (TPSA) is 59.9 Å². The first-order chi connectivity index (χ1) is 15.5. The van der Waals surface area contributed by atoms with Gasteiger partial charge in [-0.2, -0.15) is 0 Å². The Labute approximate surface area is 197 Å². The van der Waals surface area contributed by atoms with Gasteiger partial charge in [0.1, 0.15) is 12.4 Å². The number of amidine groups is 1. The fraction of sp³-hybridized carbons (Fsp3) is 0.0833. The van der Waals surface area contributed by atoms with E-state index in [1.807, 2.05) is 30.3 Å². The first-order valence-electron chi connectivity index (χ1n) is 9.62. The van der Waals surface area contributed by atoms with Gasteiger partial charge in [-0.25, -0.2) is 9.38 Å². The summed E-state index contributed by atoms with van der Waals surface area (Å²) in [6.45, 7) is 0.0630. The Balaban J connectivity index is 1.55. The van der Waals surface area contributed by atoms with E-state index in [1.165, 1.54) is 24.9 Å². The molecule has 0 unspecified atom stereocenters. The molecule has 0 bridgehead atoms. The highest BCUT2D eigenvalue weighted by Gasteiger charge is 2.24. The normalized spacial score (nSPS) is 15.8. The molecule has 0 saturated carbocycles. The van der Waals surface area contributed by atoms with Crippen LogP contribution in [0.4, 0.5) is 10.1 Å². The van der Waals surface area contributed by atoms with Gasteiger partial charge in [0.15, 0.2) is 16.7 Å². The Morgan fingerprint density at radius 1 is 1.09 bits per heavy atom. The van der Waals surface area contributed by atoms with Crippen LogP contribution in [0.15, 0.2) is 81.1 Å². The number of hydrogen-bond donors (Lipinski definition) is 1. The van der Waals surface area contributed by atoms with Gasteiger partial charge in [0.25, 0.3) is 5.91 Å². The van der Waals surface area contributed by atoms with Crippen LogP contribution in [0, 0.1) is 5.82 Å². The van der Waals surface area contributed by atoms with Crippen molar-refractivity contribution < 1.29 is 18.7 Å². The molecule has 1 aliphatic rings. The summed E-state index contributed by atoms with van der Waals surface area (Å²) in [6.07, 6.45) is 1.75. The Bertz CT molecular complexity index is 1220. The zero-order valence-corrected chi connectivity index (χ0v) is 19.4. The number of amides is 1. The summed E-state index contributed by atoms with van der Waals surface area (Å²) in [5.41, 5.74) is 1.94. The quantitative estimate of drug-likeness (QED) is 0.407. The number of benzene rings is 3. The highest BCUT2D eigenvalue weighted by Crippen LogP contribution is 2.37. The van der Waals surface area contributed by atoms with Gasteiger partial charge in [0, 0.05) is 10.0 Å². The van der Waals surface area contributed by atoms with Crippen LogP contribution in [-0.4, -0.2) is 18.2 Å². The third-order valence-electron chi connectivity index (χ3n) is 4.55. The Kier molecular flexibility index (Phi) is 6.92. The van der Waals surface area contributed by atoms with Crippen molar-refractivity contribution >= 4 is 50.5 Å². The molecule has 162 valence electrons. The number of rotatable bonds is 6. The molecule has 1 heterocycles. The van der Waals surface area contributed by atoms with E-state index in [1.54, 1.807) is 36.4 Å². The highest BCUT2D eigenvalue weighted by molar-refractivity contribution is 9.10. The predicted molar refractivity (Wildman–Crippen MR) is 129 cm³/mol. The van der Waals surface area contributed by atoms with Gasteiger partial charge >= 0.3 is 0 Å². The Morgan fingerprint density at radius 2 is 1.84 bits per heavy atom. The van der Waals surface area contributed by atoms with Crippen LogP contribution in [-0.2, 0) is 11.4 Å². The van der Waals surface area contributed by atoms with Gasteiger partial charge in [0.05, 0.1) is 17.7 Å². The number of carbonyl (C=O) groups excluding carboxylic acids is 1. The minimum Gasteiger partial charge on any atom is -0.493 e. The number of halogens is 2. The maximum atomic E-state index is 13.9. The second-order valence-corrected chi connectivity index (χ2v) is 8.61. The fourth-order valence-electron chi connectivity index (χ4n) is 2.95. The van der Waals surface area contributed by atoms with E-state index in [9.17, 15) is 9.18 Å². The number of nitrogens with one attached hydrogen (secondary N) is 1. The molecule has 3 aromatic rings. The molecule has 8 heteroatoms. The lowest BCUT2D eigenvalue weighted by Gasteiger charge is -2.13. The van der Waals surface area contributed by atoms with E-state index in [0.29, 0.717) is 31.6 Å². The summed E-state index contributed by atoms with van der Waals surface area (Å²) in [4.78, 5) is 17.4. The first kappa shape index (κ1) is 22.1. The fourth-order valence-corrected chi connectivity index (χ4v) is 4.22. The SMILES string of the molecule is COc1cc(/C=C2/SC(=Nc3ccccc3)NC2=O)c(Br)cc1OCc1ccccc1F. The average molecular weight is 513 g/mol. The number of carbonyl (C=O) groups is 1. The number of ether oxygens (including phenoxy) is 2. The predicted octanol–water partition coefficient (Wildman–Crippen LogP) is 6.07. The molecule has 0 radical (unpaired) electrons. The zero-order chi connectivity index (χ0) is 22.5. The molecule has 32 heavy (non-hydrogen) atoms. The molecule has 0 atom stereocenters. The molecule has 3 aromatic carbocycles. The molecule has 1 N–H and O–H groups in total. The smallest absolute Gasteiger partial charge is 0.264 e. The lowest BCUT2D eigenvalue weighted by atomic mass is 10.1. The van der Waals surface area contributed by atoms with E-state index in [-0.39, 0.29) is 18.3 Å². The molecular weight excluding hydrogens is 495 g/mol. The van der Waals surface area contributed by atoms with Crippen molar-refractivity contribution in [2.75, 3.05) is 7.11 Å². The van der Waals surface area contributed by atoms with E-state index >= 15 is 0 Å². The third kappa shape index (κ3) is 5.20. The standard InChI is InChI=1S/C24H18BrFN2O3S/c1-30-20-11-16(18(25)13-21(20)31-14-15-7-5-6-10-19(15)26)12-22-23(29)28-24(32-22)27-17-8-3-2-4-9-17/h2-13H,14H2,1H3,(H,27,28,29)/b22-12+. The van der Waals surface area contributed by atoms with Gasteiger partial charge in [-0.05, 0) is 53.7 Å². The van der Waals surface area contributed by atoms with Crippen molar-refractivity contribution in [2.24, 2.45) is 4.99 Å². The summed E-state index contributed by atoms with van der Waals surface area (Å²) in [5.74, 6) is 0.372. The second-order valence-electron chi connectivity index (χ2n) is 6.72. The summed E-state index contributed by atoms with van der Waals surface area (Å²) >= 11 is 4.78. The summed E-state index contributed by atoms with van der Waals surface area (Å²) < 4.78 is 25.8. The van der Waals surface area contributed by atoms with Crippen LogP contribution < -0.4 is 14.8 Å². The largest absolute Gasteiger partial charge is 0.493 e. The minimum absolute atomic E-state index is 0.0630. The molecule has 1 fully saturated rings. The molecule has 0 aliphatic carbocycles. The van der Waals surface area contributed by atoms with E-state index in [2.05, 4.69) is 26.2 Å². The summed E-state index contributed by atoms with van der Waals surface area (Å²) in [5, 5.41) is 3.29. The molecule has 1 amide bonds. The summed E-state index contributed by atoms with van der Waals surface area (Å²) in [7, 11) is 1.53. The molecule has 0 aromatic heterocycles. The second kappa shape index (κ2) is 10.0.